The van der Waals surface area contributed by atoms with Crippen molar-refractivity contribution < 1.29 is 9.59 Å². The maximum Gasteiger partial charge on any atom is 0.155 e. The average molecular weight is 286 g/mol. The lowest BCUT2D eigenvalue weighted by molar-refractivity contribution is -0.132. The van der Waals surface area contributed by atoms with E-state index in [0.29, 0.717) is 29.3 Å². The number of ketones is 2. The van der Waals surface area contributed by atoms with Crippen LogP contribution < -0.4 is 0 Å². The second-order valence-electron chi connectivity index (χ2n) is 8.39. The molecule has 21 heavy (non-hydrogen) atoms. The van der Waals surface area contributed by atoms with E-state index in [1.807, 2.05) is 6.08 Å². The molecule has 0 radical (unpaired) electrons. The molecule has 3 saturated carbocycles. The SMILES string of the molecule is C[C@@]12CC[C@H]3[C@@H](CCC4=CC(=O)CC[C@]43C)[C@H]1CCC2=O. The molecule has 0 bridgehead atoms. The van der Waals surface area contributed by atoms with Crippen molar-refractivity contribution in [2.75, 3.05) is 0 Å². The minimum atomic E-state index is -0.0246. The van der Waals surface area contributed by atoms with Crippen LogP contribution in [0.3, 0.4) is 0 Å². The molecule has 0 unspecified atom stereocenters. The van der Waals surface area contributed by atoms with Crippen LogP contribution in [-0.2, 0) is 9.59 Å². The summed E-state index contributed by atoms with van der Waals surface area (Å²) in [6.45, 7) is 4.64. The Bertz CT molecular complexity index is 546. The van der Waals surface area contributed by atoms with Crippen molar-refractivity contribution in [2.45, 2.75) is 65.2 Å². The highest BCUT2D eigenvalue weighted by molar-refractivity contribution is 5.91. The summed E-state index contributed by atoms with van der Waals surface area (Å²) in [4.78, 5) is 24.1. The predicted octanol–water partition coefficient (Wildman–Crippen LogP) is 4.09. The third kappa shape index (κ3) is 1.71. The van der Waals surface area contributed by atoms with Gasteiger partial charge in [-0.1, -0.05) is 19.4 Å². The number of rotatable bonds is 0. The fourth-order valence-electron chi connectivity index (χ4n) is 6.33. The maximum absolute atomic E-state index is 12.4. The van der Waals surface area contributed by atoms with Gasteiger partial charge in [0.25, 0.3) is 0 Å². The van der Waals surface area contributed by atoms with Crippen LogP contribution in [0.1, 0.15) is 65.2 Å². The zero-order chi connectivity index (χ0) is 14.8. The molecule has 0 aliphatic heterocycles. The molecule has 4 rings (SSSR count). The van der Waals surface area contributed by atoms with Gasteiger partial charge in [0, 0.05) is 18.3 Å². The molecule has 5 atom stereocenters. The van der Waals surface area contributed by atoms with E-state index < -0.39 is 0 Å². The van der Waals surface area contributed by atoms with Crippen LogP contribution >= 0.6 is 0 Å². The van der Waals surface area contributed by atoms with E-state index in [1.54, 1.807) is 0 Å². The van der Waals surface area contributed by atoms with Gasteiger partial charge in [-0.2, -0.15) is 0 Å². The number of carbonyl (C=O) groups excluding carboxylic acids is 2. The summed E-state index contributed by atoms with van der Waals surface area (Å²) in [6.07, 6.45) is 10.2. The fourth-order valence-corrected chi connectivity index (χ4v) is 6.33. The minimum Gasteiger partial charge on any atom is -0.299 e. The van der Waals surface area contributed by atoms with Gasteiger partial charge in [-0.25, -0.2) is 0 Å². The smallest absolute Gasteiger partial charge is 0.155 e. The quantitative estimate of drug-likeness (QED) is 0.672. The van der Waals surface area contributed by atoms with E-state index in [9.17, 15) is 9.59 Å². The maximum atomic E-state index is 12.4. The van der Waals surface area contributed by atoms with Gasteiger partial charge in [-0.05, 0) is 67.8 Å². The number of hydrogen-bond acceptors (Lipinski definition) is 2. The summed E-state index contributed by atoms with van der Waals surface area (Å²) >= 11 is 0. The normalized spacial score (nSPS) is 49.2. The van der Waals surface area contributed by atoms with Crippen molar-refractivity contribution in [1.29, 1.82) is 0 Å². The number of carbonyl (C=O) groups is 2. The highest BCUT2D eigenvalue weighted by atomic mass is 16.1. The number of fused-ring (bicyclic) bond motifs is 5. The molecule has 4 aliphatic rings. The Labute approximate surface area is 127 Å². The van der Waals surface area contributed by atoms with Gasteiger partial charge in [0.2, 0.25) is 0 Å². The summed E-state index contributed by atoms with van der Waals surface area (Å²) < 4.78 is 0. The average Bonchev–Trinajstić information content (AvgIpc) is 2.76. The lowest BCUT2D eigenvalue weighted by Gasteiger charge is -2.56. The standard InChI is InChI=1S/C19H26O2/c1-18-9-7-13(20)11-12(18)3-4-14-15-5-6-17(21)19(15,2)10-8-16(14)18/h11,14-16H,3-10H2,1-2H3/t14-,15+,16-,18+,19+/m0/s1. The molecule has 0 spiro atoms. The Morgan fingerprint density at radius 2 is 1.67 bits per heavy atom. The van der Waals surface area contributed by atoms with Crippen LogP contribution in [0.4, 0.5) is 0 Å². The first-order valence-electron chi connectivity index (χ1n) is 8.72. The van der Waals surface area contributed by atoms with E-state index in [4.69, 9.17) is 0 Å². The Morgan fingerprint density at radius 1 is 0.905 bits per heavy atom. The van der Waals surface area contributed by atoms with Gasteiger partial charge in [-0.3, -0.25) is 9.59 Å². The van der Waals surface area contributed by atoms with Crippen LogP contribution in [0.2, 0.25) is 0 Å². The van der Waals surface area contributed by atoms with Gasteiger partial charge < -0.3 is 0 Å². The lowest BCUT2D eigenvalue weighted by Crippen LogP contribution is -2.50. The molecule has 0 aromatic rings. The summed E-state index contributed by atoms with van der Waals surface area (Å²) in [5.41, 5.74) is 1.64. The van der Waals surface area contributed by atoms with Crippen LogP contribution in [-0.4, -0.2) is 11.6 Å². The largest absolute Gasteiger partial charge is 0.299 e. The molecule has 0 heterocycles. The van der Waals surface area contributed by atoms with Crippen molar-refractivity contribution in [1.82, 2.24) is 0 Å². The van der Waals surface area contributed by atoms with Gasteiger partial charge in [-0.15, -0.1) is 0 Å². The van der Waals surface area contributed by atoms with Gasteiger partial charge in [0.1, 0.15) is 5.78 Å². The van der Waals surface area contributed by atoms with E-state index in [0.717, 1.165) is 38.5 Å². The molecule has 2 nitrogen and oxygen atoms in total. The molecule has 0 N–H and O–H groups in total. The predicted molar refractivity (Wildman–Crippen MR) is 81.7 cm³/mol. The summed E-state index contributed by atoms with van der Waals surface area (Å²) in [5.74, 6) is 2.88. The zero-order valence-corrected chi connectivity index (χ0v) is 13.3. The van der Waals surface area contributed by atoms with Crippen molar-refractivity contribution in [3.05, 3.63) is 11.6 Å². The van der Waals surface area contributed by atoms with Crippen molar-refractivity contribution in [3.8, 4) is 0 Å². The fraction of sp³-hybridized carbons (Fsp3) is 0.789. The molecule has 0 saturated heterocycles. The number of hydrogen-bond donors (Lipinski definition) is 0. The number of Topliss-reactive ketones (excluding diaryl/α,β-unsaturated/α-hetero) is 1. The first-order valence-corrected chi connectivity index (χ1v) is 8.72. The van der Waals surface area contributed by atoms with E-state index in [2.05, 4.69) is 13.8 Å². The zero-order valence-electron chi connectivity index (χ0n) is 13.3. The molecular weight excluding hydrogens is 260 g/mol. The highest BCUT2D eigenvalue weighted by Crippen LogP contribution is 2.64. The van der Waals surface area contributed by atoms with Gasteiger partial charge in [0.15, 0.2) is 5.78 Å². The molecule has 4 aliphatic carbocycles. The lowest BCUT2D eigenvalue weighted by atomic mass is 9.47. The Balaban J connectivity index is 1.70. The van der Waals surface area contributed by atoms with Crippen LogP contribution in [0.25, 0.3) is 0 Å². The minimum absolute atomic E-state index is 0.0246. The van der Waals surface area contributed by atoms with Crippen LogP contribution in [0.15, 0.2) is 11.6 Å². The second kappa shape index (κ2) is 4.30. The van der Waals surface area contributed by atoms with Crippen LogP contribution in [0.5, 0.6) is 0 Å². The molecule has 2 heteroatoms. The van der Waals surface area contributed by atoms with Crippen molar-refractivity contribution >= 4 is 11.6 Å². The van der Waals surface area contributed by atoms with E-state index in [-0.39, 0.29) is 10.8 Å². The monoisotopic (exact) mass is 286 g/mol. The third-order valence-corrected chi connectivity index (χ3v) is 7.67. The topological polar surface area (TPSA) is 34.1 Å². The van der Waals surface area contributed by atoms with E-state index >= 15 is 0 Å². The molecule has 0 aromatic carbocycles. The highest BCUT2D eigenvalue weighted by Gasteiger charge is 2.58. The first-order chi connectivity index (χ1) is 9.95. The summed E-state index contributed by atoms with van der Waals surface area (Å²) in [5, 5.41) is 0. The Morgan fingerprint density at radius 3 is 2.48 bits per heavy atom. The van der Waals surface area contributed by atoms with Crippen molar-refractivity contribution in [3.63, 3.8) is 0 Å². The summed E-state index contributed by atoms with van der Waals surface area (Å²) in [7, 11) is 0. The molecule has 114 valence electrons. The first kappa shape index (κ1) is 13.7. The van der Waals surface area contributed by atoms with Crippen molar-refractivity contribution in [2.24, 2.45) is 28.6 Å². The second-order valence-corrected chi connectivity index (χ2v) is 8.39. The molecule has 3 fully saturated rings. The number of allylic oxidation sites excluding steroid dienone is 1. The summed E-state index contributed by atoms with van der Waals surface area (Å²) in [6, 6.07) is 0. The van der Waals surface area contributed by atoms with E-state index in [1.165, 1.54) is 18.4 Å². The Hall–Kier alpha value is -0.920. The molecular formula is C19H26O2. The van der Waals surface area contributed by atoms with Gasteiger partial charge >= 0.3 is 0 Å². The van der Waals surface area contributed by atoms with Gasteiger partial charge in [0.05, 0.1) is 0 Å². The van der Waals surface area contributed by atoms with Crippen LogP contribution in [0, 0.1) is 28.6 Å². The molecule has 0 amide bonds. The Kier molecular flexibility index (Phi) is 2.81. The third-order valence-electron chi connectivity index (χ3n) is 7.67. The molecule has 0 aromatic heterocycles.